The number of carboxylic acids is 1. The van der Waals surface area contributed by atoms with Crippen molar-refractivity contribution in [2.24, 2.45) is 5.92 Å². The molecule has 29 heavy (non-hydrogen) atoms. The molecule has 3 aliphatic rings. The van der Waals surface area contributed by atoms with Crippen LogP contribution in [0.15, 0.2) is 5.70 Å². The van der Waals surface area contributed by atoms with E-state index in [1.807, 2.05) is 0 Å². The van der Waals surface area contributed by atoms with Gasteiger partial charge in [-0.1, -0.05) is 0 Å². The molecular formula is C18H31Cl2N5O4. The first kappa shape index (κ1) is 25.8. The second-order valence-corrected chi connectivity index (χ2v) is 7.40. The molecule has 0 aromatic carbocycles. The number of halogens is 2. The number of piperazine rings is 1. The lowest BCUT2D eigenvalue weighted by molar-refractivity contribution is -0.158. The number of nitrogens with one attached hydrogen (secondary N) is 2. The Morgan fingerprint density at radius 3 is 1.90 bits per heavy atom. The van der Waals surface area contributed by atoms with E-state index in [0.29, 0.717) is 32.0 Å². The number of nitrogens with zero attached hydrogens (tertiary/aromatic N) is 3. The van der Waals surface area contributed by atoms with Crippen molar-refractivity contribution in [2.45, 2.75) is 31.7 Å². The Kier molecular flexibility index (Phi) is 11.1. The van der Waals surface area contributed by atoms with E-state index < -0.39 is 11.7 Å². The van der Waals surface area contributed by atoms with Crippen LogP contribution in [-0.4, -0.2) is 96.2 Å². The number of carboxylic acid groups (broad SMARTS) is 1. The minimum Gasteiger partial charge on any atom is -0.476 e. The van der Waals surface area contributed by atoms with Crippen molar-refractivity contribution < 1.29 is 19.5 Å². The van der Waals surface area contributed by atoms with Crippen LogP contribution < -0.4 is 10.6 Å². The summed E-state index contributed by atoms with van der Waals surface area (Å²) in [7, 11) is 0. The van der Waals surface area contributed by atoms with Crippen LogP contribution in [-0.2, 0) is 14.4 Å². The molecule has 3 rings (SSSR count). The zero-order valence-electron chi connectivity index (χ0n) is 16.5. The quantitative estimate of drug-likeness (QED) is 0.387. The molecule has 3 heterocycles. The predicted octanol–water partition coefficient (Wildman–Crippen LogP) is -0.257. The minimum absolute atomic E-state index is 0. The maximum atomic E-state index is 13.1. The molecule has 11 heteroatoms. The maximum absolute atomic E-state index is 13.1. The molecule has 9 nitrogen and oxygen atoms in total. The third-order valence-corrected chi connectivity index (χ3v) is 5.81. The fourth-order valence-electron chi connectivity index (χ4n) is 4.26. The number of piperidine rings is 2. The highest BCUT2D eigenvalue weighted by Crippen LogP contribution is 2.22. The average molecular weight is 452 g/mol. The average Bonchev–Trinajstić information content (AvgIpc) is 2.72. The Labute approximate surface area is 183 Å². The van der Waals surface area contributed by atoms with Gasteiger partial charge in [-0.05, 0) is 51.9 Å². The van der Waals surface area contributed by atoms with E-state index in [0.717, 1.165) is 57.1 Å². The summed E-state index contributed by atoms with van der Waals surface area (Å²) in [6.45, 7) is 6.05. The number of carbonyl (C=O) groups is 2. The molecule has 0 unspecified atom stereocenters. The van der Waals surface area contributed by atoms with Crippen molar-refractivity contribution in [3.05, 3.63) is 5.70 Å². The van der Waals surface area contributed by atoms with Gasteiger partial charge in [0.2, 0.25) is 11.6 Å². The second-order valence-electron chi connectivity index (χ2n) is 7.40. The summed E-state index contributed by atoms with van der Waals surface area (Å²) in [5.74, 6) is -0.488. The number of hydrogen-bond donors (Lipinski definition) is 3. The molecular weight excluding hydrogens is 421 g/mol. The van der Waals surface area contributed by atoms with Crippen LogP contribution >= 0.6 is 24.8 Å². The van der Waals surface area contributed by atoms with E-state index in [1.54, 1.807) is 5.01 Å². The van der Waals surface area contributed by atoms with Crippen LogP contribution in [0, 0.1) is 5.92 Å². The van der Waals surface area contributed by atoms with Gasteiger partial charge in [0.15, 0.2) is 5.94 Å². The van der Waals surface area contributed by atoms with Crippen molar-refractivity contribution in [3.63, 3.8) is 0 Å². The molecule has 3 saturated heterocycles. The first-order valence-electron chi connectivity index (χ1n) is 9.84. The van der Waals surface area contributed by atoms with Gasteiger partial charge in [0, 0.05) is 38.1 Å². The summed E-state index contributed by atoms with van der Waals surface area (Å²) < 4.78 is 0. The number of amides is 1. The monoisotopic (exact) mass is 451 g/mol. The number of aliphatic carboxylic acids is 1. The van der Waals surface area contributed by atoms with Crippen LogP contribution in [0.25, 0.3) is 0 Å². The van der Waals surface area contributed by atoms with Gasteiger partial charge in [0.05, 0.1) is 0 Å². The van der Waals surface area contributed by atoms with E-state index in [-0.39, 0.29) is 36.6 Å². The van der Waals surface area contributed by atoms with Crippen molar-refractivity contribution in [3.8, 4) is 0 Å². The van der Waals surface area contributed by atoms with Crippen molar-refractivity contribution in [2.75, 3.05) is 52.4 Å². The molecule has 0 aromatic heterocycles. The molecule has 0 saturated carbocycles. The van der Waals surface area contributed by atoms with Gasteiger partial charge < -0.3 is 15.7 Å². The lowest BCUT2D eigenvalue weighted by Crippen LogP contribution is -2.59. The molecule has 0 spiro atoms. The second kappa shape index (κ2) is 12.5. The summed E-state index contributed by atoms with van der Waals surface area (Å²) in [5, 5.41) is 18.8. The Balaban J connectivity index is 0.00000210. The van der Waals surface area contributed by atoms with Gasteiger partial charge in [0.1, 0.15) is 0 Å². The van der Waals surface area contributed by atoms with Crippen LogP contribution in [0.5, 0.6) is 0 Å². The SMILES string of the molecule is Cl.Cl.O=C=C(C(=O)O)N(C(=O)C1CCNCC1)N1CCN(C2CCNCC2)CC1. The molecule has 0 radical (unpaired) electrons. The van der Waals surface area contributed by atoms with Crippen LogP contribution in [0.1, 0.15) is 25.7 Å². The van der Waals surface area contributed by atoms with Crippen molar-refractivity contribution in [1.29, 1.82) is 0 Å². The first-order valence-corrected chi connectivity index (χ1v) is 9.84. The number of hydrazine groups is 1. The van der Waals surface area contributed by atoms with E-state index in [1.165, 1.54) is 5.94 Å². The van der Waals surface area contributed by atoms with Gasteiger partial charge in [-0.2, -0.15) is 0 Å². The highest BCUT2D eigenvalue weighted by atomic mass is 35.5. The van der Waals surface area contributed by atoms with Crippen molar-refractivity contribution in [1.82, 2.24) is 25.6 Å². The van der Waals surface area contributed by atoms with Gasteiger partial charge in [-0.3, -0.25) is 9.69 Å². The fraction of sp³-hybridized carbons (Fsp3) is 0.778. The zero-order valence-corrected chi connectivity index (χ0v) is 18.1. The third kappa shape index (κ3) is 6.39. The van der Waals surface area contributed by atoms with E-state index in [9.17, 15) is 19.5 Å². The third-order valence-electron chi connectivity index (χ3n) is 5.81. The Morgan fingerprint density at radius 1 is 0.897 bits per heavy atom. The highest BCUT2D eigenvalue weighted by molar-refractivity contribution is 5.99. The standard InChI is InChI=1S/C18H29N5O4.2ClH/c24-13-16(18(26)27)23(17(25)14-1-5-19-6-2-14)22-11-9-21(10-12-22)15-3-7-20-8-4-15;;/h14-15,19-20H,1-12H2,(H,26,27);2*1H. The molecule has 0 aliphatic carbocycles. The van der Waals surface area contributed by atoms with Crippen LogP contribution in [0.2, 0.25) is 0 Å². The zero-order chi connectivity index (χ0) is 19.2. The van der Waals surface area contributed by atoms with E-state index >= 15 is 0 Å². The van der Waals surface area contributed by atoms with Gasteiger partial charge >= 0.3 is 5.97 Å². The van der Waals surface area contributed by atoms with Crippen LogP contribution in [0.4, 0.5) is 0 Å². The summed E-state index contributed by atoms with van der Waals surface area (Å²) in [6, 6.07) is 0.530. The van der Waals surface area contributed by atoms with E-state index in [4.69, 9.17) is 0 Å². The molecule has 3 fully saturated rings. The largest absolute Gasteiger partial charge is 0.476 e. The molecule has 3 N–H and O–H groups in total. The van der Waals surface area contributed by atoms with E-state index in [2.05, 4.69) is 15.5 Å². The molecule has 1 amide bonds. The smallest absolute Gasteiger partial charge is 0.365 e. The predicted molar refractivity (Wildman–Crippen MR) is 113 cm³/mol. The summed E-state index contributed by atoms with van der Waals surface area (Å²) in [4.78, 5) is 38.4. The molecule has 0 atom stereocenters. The Morgan fingerprint density at radius 2 is 1.41 bits per heavy atom. The normalized spacial score (nSPS) is 21.9. The lowest BCUT2D eigenvalue weighted by atomic mass is 9.97. The van der Waals surface area contributed by atoms with Gasteiger partial charge in [0.25, 0.3) is 0 Å². The summed E-state index contributed by atoms with van der Waals surface area (Å²) in [6.07, 6.45) is 3.50. The fourth-order valence-corrected chi connectivity index (χ4v) is 4.26. The summed E-state index contributed by atoms with van der Waals surface area (Å²) in [5.41, 5.74) is -0.603. The van der Waals surface area contributed by atoms with Gasteiger partial charge in [-0.15, -0.1) is 24.8 Å². The lowest BCUT2D eigenvalue weighted by Gasteiger charge is -2.44. The van der Waals surface area contributed by atoms with Crippen molar-refractivity contribution >= 4 is 42.6 Å². The van der Waals surface area contributed by atoms with Crippen LogP contribution in [0.3, 0.4) is 0 Å². The molecule has 166 valence electrons. The first-order chi connectivity index (χ1) is 13.1. The number of carbonyl (C=O) groups excluding carboxylic acids is 2. The van der Waals surface area contributed by atoms with Gasteiger partial charge in [-0.25, -0.2) is 19.6 Å². The minimum atomic E-state index is -1.41. The topological polar surface area (TPSA) is 105 Å². The maximum Gasteiger partial charge on any atom is 0.365 e. The molecule has 0 aromatic rings. The summed E-state index contributed by atoms with van der Waals surface area (Å²) >= 11 is 0. The molecule has 0 bridgehead atoms. The number of hydrogen-bond acceptors (Lipinski definition) is 7. The Hall–Kier alpha value is -1.19. The molecule has 3 aliphatic heterocycles. The number of rotatable bonds is 5. The highest BCUT2D eigenvalue weighted by Gasteiger charge is 2.37. The Bertz CT molecular complexity index is 597.